The summed E-state index contributed by atoms with van der Waals surface area (Å²) in [5.41, 5.74) is 4.71. The van der Waals surface area contributed by atoms with Crippen LogP contribution in [0.25, 0.3) is 10.9 Å². The number of amides is 3. The van der Waals surface area contributed by atoms with Crippen molar-refractivity contribution >= 4 is 22.8 Å². The summed E-state index contributed by atoms with van der Waals surface area (Å²) in [6.07, 6.45) is 1.87. The molecule has 0 aliphatic carbocycles. The molecule has 40 heavy (non-hydrogen) atoms. The molecule has 0 saturated carbocycles. The van der Waals surface area contributed by atoms with Gasteiger partial charge < -0.3 is 29.6 Å². The monoisotopic (exact) mass is 546 g/mol. The zero-order valence-electron chi connectivity index (χ0n) is 24.4. The quantitative estimate of drug-likeness (QED) is 0.509. The molecular weight excluding hydrogens is 504 g/mol. The van der Waals surface area contributed by atoms with Gasteiger partial charge in [0.05, 0.1) is 5.56 Å². The van der Waals surface area contributed by atoms with E-state index in [4.69, 9.17) is 0 Å². The van der Waals surface area contributed by atoms with E-state index < -0.39 is 0 Å². The van der Waals surface area contributed by atoms with E-state index in [9.17, 15) is 14.4 Å². The van der Waals surface area contributed by atoms with Gasteiger partial charge in [-0.05, 0) is 71.2 Å². The lowest BCUT2D eigenvalue weighted by Crippen LogP contribution is -2.53. The lowest BCUT2D eigenvalue weighted by atomic mass is 9.90. The van der Waals surface area contributed by atoms with Crippen LogP contribution in [0.4, 0.5) is 4.79 Å². The highest BCUT2D eigenvalue weighted by Crippen LogP contribution is 2.36. The number of hydrogen-bond donors (Lipinski definition) is 2. The van der Waals surface area contributed by atoms with Crippen molar-refractivity contribution in [3.8, 4) is 0 Å². The SMILES string of the molecule is Cc1cc(C)c(CNC(=O)c2c(C)n([C@H](C)C3CCN(C(=O)N4CCN(C)CC4)CC3)c3ccccc23)c(=O)[nH]1. The molecule has 2 fully saturated rings. The first-order chi connectivity index (χ1) is 19.2. The van der Waals surface area contributed by atoms with Crippen molar-refractivity contribution in [3.63, 3.8) is 0 Å². The van der Waals surface area contributed by atoms with Crippen LogP contribution < -0.4 is 10.9 Å². The number of piperidine rings is 1. The minimum atomic E-state index is -0.174. The molecule has 9 heteroatoms. The van der Waals surface area contributed by atoms with Gasteiger partial charge in [-0.2, -0.15) is 0 Å². The van der Waals surface area contributed by atoms with Gasteiger partial charge >= 0.3 is 6.03 Å². The second-order valence-corrected chi connectivity index (χ2v) is 11.6. The summed E-state index contributed by atoms with van der Waals surface area (Å²) in [5, 5.41) is 3.93. The highest BCUT2D eigenvalue weighted by Gasteiger charge is 2.32. The zero-order valence-corrected chi connectivity index (χ0v) is 24.4. The highest BCUT2D eigenvalue weighted by molar-refractivity contribution is 6.08. The third-order valence-corrected chi connectivity index (χ3v) is 8.98. The summed E-state index contributed by atoms with van der Waals surface area (Å²) < 4.78 is 2.30. The Morgan fingerprint density at radius 1 is 1.00 bits per heavy atom. The number of benzene rings is 1. The van der Waals surface area contributed by atoms with Crippen LogP contribution in [0.1, 0.15) is 58.7 Å². The molecule has 2 N–H and O–H groups in total. The topological polar surface area (TPSA) is 93.7 Å². The molecule has 5 rings (SSSR count). The van der Waals surface area contributed by atoms with E-state index >= 15 is 0 Å². The predicted octanol–water partition coefficient (Wildman–Crippen LogP) is 3.83. The number of aryl methyl sites for hydroxylation is 2. The number of likely N-dealkylation sites (N-methyl/N-ethyl adjacent to an activating group) is 1. The molecule has 2 aliphatic rings. The summed E-state index contributed by atoms with van der Waals surface area (Å²) >= 11 is 0. The number of nitrogens with one attached hydrogen (secondary N) is 2. The third kappa shape index (κ3) is 5.39. The summed E-state index contributed by atoms with van der Waals surface area (Å²) in [6, 6.07) is 10.3. The van der Waals surface area contributed by atoms with Crippen LogP contribution in [0.3, 0.4) is 0 Å². The molecule has 0 unspecified atom stereocenters. The Balaban J connectivity index is 1.31. The summed E-state index contributed by atoms with van der Waals surface area (Å²) in [6.45, 7) is 13.1. The molecule has 4 heterocycles. The number of carbonyl (C=O) groups excluding carboxylic acids is 2. The number of H-pyrrole nitrogens is 1. The molecule has 9 nitrogen and oxygen atoms in total. The molecule has 0 spiro atoms. The van der Waals surface area contributed by atoms with E-state index in [0.29, 0.717) is 17.0 Å². The number of rotatable bonds is 5. The number of aromatic amines is 1. The molecular formula is C31H42N6O3. The van der Waals surface area contributed by atoms with Gasteiger partial charge in [0.25, 0.3) is 11.5 Å². The van der Waals surface area contributed by atoms with Gasteiger partial charge in [-0.25, -0.2) is 4.79 Å². The van der Waals surface area contributed by atoms with Crippen molar-refractivity contribution in [3.05, 3.63) is 68.8 Å². The van der Waals surface area contributed by atoms with E-state index in [2.05, 4.69) is 39.8 Å². The average molecular weight is 547 g/mol. The molecule has 2 aromatic heterocycles. The molecule has 214 valence electrons. The molecule has 2 aliphatic heterocycles. The smallest absolute Gasteiger partial charge is 0.320 e. The second-order valence-electron chi connectivity index (χ2n) is 11.6. The Morgan fingerprint density at radius 3 is 2.33 bits per heavy atom. The van der Waals surface area contributed by atoms with Crippen LogP contribution in [-0.2, 0) is 6.54 Å². The van der Waals surface area contributed by atoms with Crippen LogP contribution in [0.15, 0.2) is 35.1 Å². The number of piperazine rings is 1. The van der Waals surface area contributed by atoms with E-state index in [1.54, 1.807) is 0 Å². The van der Waals surface area contributed by atoms with Crippen LogP contribution in [0.5, 0.6) is 0 Å². The van der Waals surface area contributed by atoms with E-state index in [-0.39, 0.29) is 30.1 Å². The number of fused-ring (bicyclic) bond motifs is 1. The fourth-order valence-electron chi connectivity index (χ4n) is 6.54. The fourth-order valence-corrected chi connectivity index (χ4v) is 6.54. The number of likely N-dealkylation sites (tertiary alicyclic amines) is 1. The molecule has 0 radical (unpaired) electrons. The summed E-state index contributed by atoms with van der Waals surface area (Å²) in [7, 11) is 2.10. The summed E-state index contributed by atoms with van der Waals surface area (Å²) in [4.78, 5) is 48.2. The second kappa shape index (κ2) is 11.5. The van der Waals surface area contributed by atoms with Gasteiger partial charge in [-0.15, -0.1) is 0 Å². The molecule has 3 aromatic rings. The Hall–Kier alpha value is -3.59. The van der Waals surface area contributed by atoms with Gasteiger partial charge in [-0.1, -0.05) is 18.2 Å². The maximum absolute atomic E-state index is 13.6. The van der Waals surface area contributed by atoms with E-state index in [0.717, 1.165) is 80.0 Å². The largest absolute Gasteiger partial charge is 0.348 e. The Bertz CT molecular complexity index is 1460. The minimum Gasteiger partial charge on any atom is -0.348 e. The number of para-hydroxylation sites is 1. The number of carbonyl (C=O) groups is 2. The van der Waals surface area contributed by atoms with Crippen molar-refractivity contribution in [1.29, 1.82) is 0 Å². The van der Waals surface area contributed by atoms with Gasteiger partial charge in [0.1, 0.15) is 0 Å². The van der Waals surface area contributed by atoms with Crippen molar-refractivity contribution < 1.29 is 9.59 Å². The van der Waals surface area contributed by atoms with E-state index in [1.807, 2.05) is 54.8 Å². The lowest BCUT2D eigenvalue weighted by molar-refractivity contribution is 0.0949. The van der Waals surface area contributed by atoms with Crippen molar-refractivity contribution in [2.45, 2.75) is 53.1 Å². The first-order valence-corrected chi connectivity index (χ1v) is 14.4. The van der Waals surface area contributed by atoms with Crippen LogP contribution in [0, 0.1) is 26.7 Å². The standard InChI is InChI=1S/C31H42N6O3/c1-20-18-21(2)33-29(38)26(20)19-32-30(39)28-23(4)37(27-9-7-6-8-25(27)28)22(3)24-10-12-35(13-11-24)31(40)36-16-14-34(5)15-17-36/h6-9,18,22,24H,10-17,19H2,1-5H3,(H,32,39)(H,33,38)/t22-/m1/s1. The average Bonchev–Trinajstić information content (AvgIpc) is 3.23. The molecule has 0 bridgehead atoms. The zero-order chi connectivity index (χ0) is 28.6. The van der Waals surface area contributed by atoms with E-state index in [1.165, 1.54) is 0 Å². The number of hydrogen-bond acceptors (Lipinski definition) is 4. The summed E-state index contributed by atoms with van der Waals surface area (Å²) in [5.74, 6) is 0.224. The predicted molar refractivity (Wildman–Crippen MR) is 158 cm³/mol. The van der Waals surface area contributed by atoms with Crippen molar-refractivity contribution in [2.24, 2.45) is 5.92 Å². The third-order valence-electron chi connectivity index (χ3n) is 8.98. The minimum absolute atomic E-state index is 0.164. The normalized spacial score (nSPS) is 17.8. The van der Waals surface area contributed by atoms with Gasteiger partial charge in [0.15, 0.2) is 0 Å². The van der Waals surface area contributed by atoms with Crippen molar-refractivity contribution in [1.82, 2.24) is 29.6 Å². The van der Waals surface area contributed by atoms with Crippen molar-refractivity contribution in [2.75, 3.05) is 46.3 Å². The Labute approximate surface area is 236 Å². The van der Waals surface area contributed by atoms with Crippen LogP contribution >= 0.6 is 0 Å². The van der Waals surface area contributed by atoms with Gasteiger partial charge in [0, 0.05) is 79.7 Å². The Kier molecular flexibility index (Phi) is 8.03. The first kappa shape index (κ1) is 28.0. The molecule has 1 atom stereocenters. The van der Waals surface area contributed by atoms with Gasteiger partial charge in [-0.3, -0.25) is 9.59 Å². The van der Waals surface area contributed by atoms with Crippen LogP contribution in [-0.4, -0.2) is 82.5 Å². The number of nitrogens with zero attached hydrogens (tertiary/aromatic N) is 4. The molecule has 3 amide bonds. The molecule has 2 saturated heterocycles. The number of urea groups is 1. The highest BCUT2D eigenvalue weighted by atomic mass is 16.2. The maximum Gasteiger partial charge on any atom is 0.320 e. The number of pyridine rings is 1. The molecule has 1 aromatic carbocycles. The maximum atomic E-state index is 13.6. The van der Waals surface area contributed by atoms with Crippen LogP contribution in [0.2, 0.25) is 0 Å². The lowest BCUT2D eigenvalue weighted by Gasteiger charge is -2.40. The number of aromatic nitrogens is 2. The van der Waals surface area contributed by atoms with Gasteiger partial charge in [0.2, 0.25) is 0 Å². The first-order valence-electron chi connectivity index (χ1n) is 14.4. The Morgan fingerprint density at radius 2 is 1.65 bits per heavy atom. The fraction of sp³-hybridized carbons (Fsp3) is 0.516.